The van der Waals surface area contributed by atoms with Crippen molar-refractivity contribution in [2.45, 2.75) is 374 Å². The zero-order valence-electron chi connectivity index (χ0n) is 51.7. The second-order valence-corrected chi connectivity index (χ2v) is 23.1. The predicted molar refractivity (Wildman–Crippen MR) is 335 cm³/mol. The van der Waals surface area contributed by atoms with E-state index >= 15 is 0 Å². The lowest BCUT2D eigenvalue weighted by Gasteiger charge is -2.18. The fourth-order valence-corrected chi connectivity index (χ4v) is 10.3. The summed E-state index contributed by atoms with van der Waals surface area (Å²) >= 11 is 0. The van der Waals surface area contributed by atoms with Crippen LogP contribution in [0.3, 0.4) is 0 Å². The highest BCUT2D eigenvalue weighted by atomic mass is 16.6. The average Bonchev–Trinajstić information content (AvgIpc) is 3.43. The quantitative estimate of drug-likeness (QED) is 0.0261. The van der Waals surface area contributed by atoms with Crippen molar-refractivity contribution in [1.29, 1.82) is 0 Å². The number of rotatable bonds is 63. The Morgan fingerprint density at radius 3 is 0.792 bits per heavy atom. The molecule has 0 fully saturated rings. The second-order valence-electron chi connectivity index (χ2n) is 23.1. The van der Waals surface area contributed by atoms with Gasteiger partial charge in [0.2, 0.25) is 0 Å². The molecule has 0 aliphatic carbocycles. The van der Waals surface area contributed by atoms with Crippen LogP contribution >= 0.6 is 0 Å². The van der Waals surface area contributed by atoms with Crippen molar-refractivity contribution in [2.24, 2.45) is 0 Å². The highest BCUT2D eigenvalue weighted by Gasteiger charge is 2.19. The highest BCUT2D eigenvalue weighted by molar-refractivity contribution is 5.71. The summed E-state index contributed by atoms with van der Waals surface area (Å²) in [6.07, 6.45) is 83.2. The molecular formula is C71H130O6. The molecule has 0 N–H and O–H groups in total. The minimum absolute atomic E-state index is 0.0657. The largest absolute Gasteiger partial charge is 0.462 e. The van der Waals surface area contributed by atoms with E-state index in [1.807, 2.05) is 0 Å². The highest BCUT2D eigenvalue weighted by Crippen LogP contribution is 2.18. The van der Waals surface area contributed by atoms with Gasteiger partial charge in [-0.15, -0.1) is 0 Å². The van der Waals surface area contributed by atoms with Gasteiger partial charge in [-0.2, -0.15) is 0 Å². The molecule has 0 amide bonds. The molecule has 0 radical (unpaired) electrons. The molecule has 0 aromatic rings. The first-order valence-electron chi connectivity index (χ1n) is 34.1. The van der Waals surface area contributed by atoms with Crippen molar-refractivity contribution in [3.8, 4) is 0 Å². The van der Waals surface area contributed by atoms with E-state index in [-0.39, 0.29) is 31.1 Å². The summed E-state index contributed by atoms with van der Waals surface area (Å²) in [4.78, 5) is 38.1. The van der Waals surface area contributed by atoms with E-state index in [1.54, 1.807) is 0 Å². The third-order valence-corrected chi connectivity index (χ3v) is 15.3. The number of esters is 3. The number of unbranched alkanes of at least 4 members (excludes halogenated alkanes) is 44. The van der Waals surface area contributed by atoms with E-state index in [2.05, 4.69) is 69.4 Å². The maximum atomic E-state index is 12.9. The van der Waals surface area contributed by atoms with E-state index < -0.39 is 6.10 Å². The molecule has 0 aliphatic heterocycles. The molecular weight excluding hydrogens is 949 g/mol. The Bertz CT molecular complexity index is 1330. The Kier molecular flexibility index (Phi) is 63.6. The monoisotopic (exact) mass is 1080 g/mol. The molecule has 0 saturated carbocycles. The Morgan fingerprint density at radius 2 is 0.506 bits per heavy atom. The summed E-state index contributed by atoms with van der Waals surface area (Å²) in [6.45, 7) is 6.55. The molecule has 77 heavy (non-hydrogen) atoms. The Hall–Kier alpha value is -2.63. The van der Waals surface area contributed by atoms with Gasteiger partial charge in [0.25, 0.3) is 0 Å². The van der Waals surface area contributed by atoms with Gasteiger partial charge < -0.3 is 14.2 Å². The van der Waals surface area contributed by atoms with E-state index in [9.17, 15) is 14.4 Å². The van der Waals surface area contributed by atoms with Gasteiger partial charge in [-0.1, -0.05) is 339 Å². The first-order chi connectivity index (χ1) is 38.0. The molecule has 0 aromatic heterocycles. The van der Waals surface area contributed by atoms with Gasteiger partial charge in [-0.25, -0.2) is 0 Å². The Morgan fingerprint density at radius 1 is 0.273 bits per heavy atom. The third-order valence-electron chi connectivity index (χ3n) is 15.3. The zero-order valence-corrected chi connectivity index (χ0v) is 51.7. The maximum Gasteiger partial charge on any atom is 0.306 e. The van der Waals surface area contributed by atoms with Crippen LogP contribution in [0.15, 0.2) is 48.6 Å². The summed E-state index contributed by atoms with van der Waals surface area (Å²) in [5.74, 6) is -0.846. The lowest BCUT2D eigenvalue weighted by atomic mass is 10.0. The SMILES string of the molecule is CC/C=C\C/C=C\C/C=C\C/C=C\CCCCCCCCCCCCCCCCCCCCCCC(=O)OCC(COC(=O)CCCCCCCCC)OC(=O)CCCCCCCCCCCCCCCCCCCCC. The van der Waals surface area contributed by atoms with E-state index in [4.69, 9.17) is 14.2 Å². The van der Waals surface area contributed by atoms with Gasteiger partial charge in [-0.05, 0) is 57.8 Å². The van der Waals surface area contributed by atoms with Crippen molar-refractivity contribution in [2.75, 3.05) is 13.2 Å². The summed E-state index contributed by atoms with van der Waals surface area (Å²) in [5.41, 5.74) is 0. The van der Waals surface area contributed by atoms with E-state index in [0.717, 1.165) is 83.5 Å². The molecule has 0 aliphatic rings. The smallest absolute Gasteiger partial charge is 0.306 e. The molecule has 1 atom stereocenters. The van der Waals surface area contributed by atoms with Crippen LogP contribution in [-0.4, -0.2) is 37.2 Å². The molecule has 0 spiro atoms. The molecule has 6 nitrogen and oxygen atoms in total. The van der Waals surface area contributed by atoms with Crippen LogP contribution in [-0.2, 0) is 28.6 Å². The number of hydrogen-bond acceptors (Lipinski definition) is 6. The van der Waals surface area contributed by atoms with Gasteiger partial charge >= 0.3 is 17.9 Å². The van der Waals surface area contributed by atoms with Gasteiger partial charge in [0.15, 0.2) is 6.10 Å². The maximum absolute atomic E-state index is 12.9. The van der Waals surface area contributed by atoms with Gasteiger partial charge in [0.05, 0.1) is 0 Å². The van der Waals surface area contributed by atoms with Crippen LogP contribution in [0, 0.1) is 0 Å². The van der Waals surface area contributed by atoms with Crippen molar-refractivity contribution < 1.29 is 28.6 Å². The summed E-state index contributed by atoms with van der Waals surface area (Å²) in [7, 11) is 0. The minimum Gasteiger partial charge on any atom is -0.462 e. The van der Waals surface area contributed by atoms with Crippen molar-refractivity contribution in [3.05, 3.63) is 48.6 Å². The van der Waals surface area contributed by atoms with Gasteiger partial charge in [-0.3, -0.25) is 14.4 Å². The van der Waals surface area contributed by atoms with Crippen molar-refractivity contribution >= 4 is 17.9 Å². The number of carbonyl (C=O) groups is 3. The normalized spacial score (nSPS) is 12.3. The molecule has 0 aromatic carbocycles. The summed E-state index contributed by atoms with van der Waals surface area (Å²) in [6, 6.07) is 0. The minimum atomic E-state index is -0.765. The first-order valence-corrected chi connectivity index (χ1v) is 34.1. The van der Waals surface area contributed by atoms with Crippen LogP contribution in [0.5, 0.6) is 0 Å². The summed E-state index contributed by atoms with van der Waals surface area (Å²) in [5, 5.41) is 0. The van der Waals surface area contributed by atoms with Crippen molar-refractivity contribution in [1.82, 2.24) is 0 Å². The van der Waals surface area contributed by atoms with Crippen LogP contribution in [0.1, 0.15) is 367 Å². The molecule has 0 saturated heterocycles. The number of carbonyl (C=O) groups excluding carboxylic acids is 3. The van der Waals surface area contributed by atoms with Crippen molar-refractivity contribution in [3.63, 3.8) is 0 Å². The average molecular weight is 1080 g/mol. The van der Waals surface area contributed by atoms with E-state index in [1.165, 1.54) is 244 Å². The molecule has 0 bridgehead atoms. The zero-order chi connectivity index (χ0) is 55.7. The summed E-state index contributed by atoms with van der Waals surface area (Å²) < 4.78 is 16.9. The van der Waals surface area contributed by atoms with Crippen LogP contribution < -0.4 is 0 Å². The molecule has 0 heterocycles. The molecule has 1 unspecified atom stereocenters. The number of hydrogen-bond donors (Lipinski definition) is 0. The first kappa shape index (κ1) is 74.4. The van der Waals surface area contributed by atoms with E-state index in [0.29, 0.717) is 19.3 Å². The van der Waals surface area contributed by atoms with Crippen LogP contribution in [0.4, 0.5) is 0 Å². The third kappa shape index (κ3) is 64.1. The molecule has 6 heteroatoms. The van der Waals surface area contributed by atoms with Gasteiger partial charge in [0, 0.05) is 19.3 Å². The topological polar surface area (TPSA) is 78.9 Å². The van der Waals surface area contributed by atoms with Crippen LogP contribution in [0.25, 0.3) is 0 Å². The number of allylic oxidation sites excluding steroid dienone is 8. The Labute approximate surface area is 479 Å². The fourth-order valence-electron chi connectivity index (χ4n) is 10.3. The molecule has 450 valence electrons. The lowest BCUT2D eigenvalue weighted by molar-refractivity contribution is -0.167. The van der Waals surface area contributed by atoms with Crippen LogP contribution in [0.2, 0.25) is 0 Å². The van der Waals surface area contributed by atoms with Gasteiger partial charge in [0.1, 0.15) is 13.2 Å². The standard InChI is InChI=1S/C71H130O6/c1-4-7-10-13-16-18-20-22-24-26-28-29-30-31-32-33-34-35-36-37-38-39-40-41-43-44-46-48-50-52-55-58-61-64-70(73)76-67-68(66-75-69(72)63-60-57-54-15-12-9-6-3)77-71(74)65-62-59-56-53-51-49-47-45-42-27-25-23-21-19-17-14-11-8-5-2/h7,10,16,18,22,24,28-29,68H,4-6,8-9,11-15,17,19-21,23,25-27,30-67H2,1-3H3/b10-7-,18-16-,24-22-,29-28-. The fraction of sp³-hybridized carbons (Fsp3) is 0.845. The predicted octanol–water partition coefficient (Wildman–Crippen LogP) is 23.3. The second kappa shape index (κ2) is 65.9. The number of ether oxygens (including phenoxy) is 3. The lowest BCUT2D eigenvalue weighted by Crippen LogP contribution is -2.30. The molecule has 0 rings (SSSR count). The Balaban J connectivity index is 3.97.